The summed E-state index contributed by atoms with van der Waals surface area (Å²) in [6, 6.07) is 11.6. The summed E-state index contributed by atoms with van der Waals surface area (Å²) in [7, 11) is 0. The number of hydrogen-bond acceptors (Lipinski definition) is 1. The fourth-order valence-electron chi connectivity index (χ4n) is 7.03. The van der Waals surface area contributed by atoms with Crippen LogP contribution in [-0.4, -0.2) is 9.13 Å². The predicted octanol–water partition coefficient (Wildman–Crippen LogP) is 13.6. The smallest absolute Gasteiger partial charge is 0.0645 e. The lowest BCUT2D eigenvalue weighted by atomic mass is 9.99. The minimum Gasteiger partial charge on any atom is -0.309 e. The van der Waals surface area contributed by atoms with Crippen molar-refractivity contribution in [3.8, 4) is 33.6 Å². The molecule has 3 heteroatoms. The molecule has 51 heavy (non-hydrogen) atoms. The second-order valence-corrected chi connectivity index (χ2v) is 12.9. The van der Waals surface area contributed by atoms with Crippen molar-refractivity contribution in [3.05, 3.63) is 182 Å². The second-order valence-electron chi connectivity index (χ2n) is 11.9. The van der Waals surface area contributed by atoms with Gasteiger partial charge in [0.1, 0.15) is 0 Å². The van der Waals surface area contributed by atoms with E-state index in [-0.39, 0.29) is 142 Å². The van der Waals surface area contributed by atoms with Crippen molar-refractivity contribution in [2.45, 2.75) is 0 Å². The number of nitrogens with zero attached hydrogens (tertiary/aromatic N) is 2. The van der Waals surface area contributed by atoms with Crippen molar-refractivity contribution in [1.82, 2.24) is 9.13 Å². The zero-order chi connectivity index (χ0) is 49.1. The molecule has 0 aliphatic rings. The van der Waals surface area contributed by atoms with E-state index in [1.54, 1.807) is 41.0 Å². The molecule has 0 spiro atoms. The average Bonchev–Trinajstić information content (AvgIpc) is 4.00. The molecule has 0 fully saturated rings. The quantitative estimate of drug-likeness (QED) is 0.175. The molecule has 8 aromatic carbocycles. The van der Waals surface area contributed by atoms with E-state index in [4.69, 9.17) is 16.4 Å². The first-order valence-corrected chi connectivity index (χ1v) is 16.8. The molecule has 0 aliphatic carbocycles. The molecule has 0 amide bonds. The number of fused-ring (bicyclic) bond motifs is 9. The van der Waals surface area contributed by atoms with Crippen LogP contribution in [0.5, 0.6) is 0 Å². The highest BCUT2D eigenvalue weighted by molar-refractivity contribution is 7.26. The van der Waals surface area contributed by atoms with Crippen LogP contribution in [0.15, 0.2) is 182 Å². The maximum atomic E-state index is 10.0. The molecule has 0 radical (unpaired) electrons. The van der Waals surface area contributed by atoms with Crippen LogP contribution < -0.4 is 0 Å². The Morgan fingerprint density at radius 1 is 0.431 bits per heavy atom. The van der Waals surface area contributed by atoms with Gasteiger partial charge in [-0.2, -0.15) is 0 Å². The summed E-state index contributed by atoms with van der Waals surface area (Å²) in [6.45, 7) is 0. The van der Waals surface area contributed by atoms with Crippen molar-refractivity contribution in [2.75, 3.05) is 0 Å². The minimum atomic E-state index is -0.581. The van der Waals surface area contributed by atoms with Gasteiger partial charge in [0.25, 0.3) is 0 Å². The van der Waals surface area contributed by atoms with E-state index in [0.717, 1.165) is 11.3 Å². The summed E-state index contributed by atoms with van der Waals surface area (Å²) in [5.74, 6) is 0. The molecule has 0 aliphatic heterocycles. The van der Waals surface area contributed by atoms with E-state index in [1.165, 1.54) is 41.0 Å². The maximum absolute atomic E-state index is 10.0. The number of rotatable bonds is 4. The SMILES string of the molecule is [2H]c1ccc(-c2c([2H])c([2H])c([2H])c3sc4c([2H])cc(-n5c6cc([2H])c([2H])c([2H])c6c6c([2H])c(-c7c([2H])c([2H])c([2H])c8c9c([2H])c([2H])cc([2H])c9n(-c9ccccc9)c78)cc([2H])c65)cc4c23)c([2H])c1[2H]. The van der Waals surface area contributed by atoms with Crippen LogP contribution in [0, 0.1) is 0 Å². The Kier molecular flexibility index (Phi) is 3.48. The zero-order valence-electron chi connectivity index (χ0n) is 44.2. The Balaban J connectivity index is 1.30. The van der Waals surface area contributed by atoms with Crippen LogP contribution in [0.25, 0.3) is 97.4 Å². The fourth-order valence-corrected chi connectivity index (χ4v) is 8.04. The number of thiophene rings is 1. The summed E-state index contributed by atoms with van der Waals surface area (Å²) < 4.78 is 166. The van der Waals surface area contributed by atoms with E-state index in [9.17, 15) is 8.22 Å². The molecule has 2 nitrogen and oxygen atoms in total. The van der Waals surface area contributed by atoms with Crippen LogP contribution in [0.1, 0.15) is 24.7 Å². The Morgan fingerprint density at radius 2 is 1.25 bits per heavy atom. The van der Waals surface area contributed by atoms with Gasteiger partial charge in [-0.15, -0.1) is 11.3 Å². The third-order valence-electron chi connectivity index (χ3n) is 9.17. The second kappa shape index (κ2) is 11.0. The van der Waals surface area contributed by atoms with E-state index < -0.39 is 48.3 Å². The monoisotopic (exact) mass is 684 g/mol. The highest BCUT2D eigenvalue weighted by atomic mass is 32.1. The van der Waals surface area contributed by atoms with E-state index in [0.29, 0.717) is 15.8 Å². The van der Waals surface area contributed by atoms with Crippen molar-refractivity contribution in [2.24, 2.45) is 0 Å². The topological polar surface area (TPSA) is 9.86 Å². The van der Waals surface area contributed by atoms with Gasteiger partial charge in [0.15, 0.2) is 0 Å². The van der Waals surface area contributed by atoms with Crippen molar-refractivity contribution in [3.63, 3.8) is 0 Å². The summed E-state index contributed by atoms with van der Waals surface area (Å²) in [4.78, 5) is 0. The first kappa shape index (κ1) is 16.1. The number of benzene rings is 8. The van der Waals surface area contributed by atoms with Gasteiger partial charge in [-0.25, -0.2) is 0 Å². The molecule has 0 unspecified atom stereocenters. The molecule has 238 valence electrons. The summed E-state index contributed by atoms with van der Waals surface area (Å²) in [5.41, 5.74) is 0.815. The lowest BCUT2D eigenvalue weighted by Crippen LogP contribution is -1.95. The van der Waals surface area contributed by atoms with Crippen LogP contribution >= 0.6 is 11.3 Å². The zero-order valence-corrected chi connectivity index (χ0v) is 27.0. The maximum Gasteiger partial charge on any atom is 0.0645 e. The lowest BCUT2D eigenvalue weighted by molar-refractivity contribution is 1.18. The average molecular weight is 685 g/mol. The van der Waals surface area contributed by atoms with Crippen LogP contribution in [0.2, 0.25) is 0 Å². The molecular weight excluding hydrogens is 637 g/mol. The van der Waals surface area contributed by atoms with Gasteiger partial charge in [-0.3, -0.25) is 0 Å². The van der Waals surface area contributed by atoms with Gasteiger partial charge >= 0.3 is 0 Å². The van der Waals surface area contributed by atoms with Gasteiger partial charge in [-0.05, 0) is 77.2 Å². The highest BCUT2D eigenvalue weighted by Crippen LogP contribution is 2.43. The number of para-hydroxylation sites is 4. The van der Waals surface area contributed by atoms with E-state index >= 15 is 0 Å². The van der Waals surface area contributed by atoms with Crippen molar-refractivity contribution < 1.29 is 24.7 Å². The van der Waals surface area contributed by atoms with Crippen LogP contribution in [0.3, 0.4) is 0 Å². The van der Waals surface area contributed by atoms with Crippen LogP contribution in [-0.2, 0) is 0 Å². The Bertz CT molecular complexity index is 4180. The van der Waals surface area contributed by atoms with Gasteiger partial charge < -0.3 is 9.13 Å². The first-order chi connectivity index (χ1) is 32.8. The third-order valence-corrected chi connectivity index (χ3v) is 10.2. The minimum absolute atomic E-state index is 0.000198. The highest BCUT2D eigenvalue weighted by Gasteiger charge is 2.19. The van der Waals surface area contributed by atoms with E-state index in [1.807, 2.05) is 0 Å². The predicted molar refractivity (Wildman–Crippen MR) is 219 cm³/mol. The van der Waals surface area contributed by atoms with Crippen molar-refractivity contribution >= 4 is 75.1 Å². The third kappa shape index (κ3) is 4.22. The van der Waals surface area contributed by atoms with Gasteiger partial charge in [-0.1, -0.05) is 121 Å². The molecule has 0 bridgehead atoms. The molecule has 11 rings (SSSR count). The molecular formula is C48H30N2S. The lowest BCUT2D eigenvalue weighted by Gasteiger charge is -2.12. The molecule has 11 aromatic rings. The number of aromatic nitrogens is 2. The molecule has 3 aromatic heterocycles. The van der Waals surface area contributed by atoms with Gasteiger partial charge in [0.2, 0.25) is 0 Å². The standard InChI is InChI=1S/C48H30N2S/c1-3-13-31(14-4-1)35-19-12-24-46-47(35)41-30-34(26-28-45(41)51-46)49-42-22-9-8-18-38(42)40-29-32(25-27-44(40)49)36-20-11-21-39-37-17-7-10-23-43(37)50(48(36)39)33-15-5-2-6-16-33/h1-30H/i1D,3D,7D,8D,9D,11D,12D,13D,17D,18D,19D,20D,21D,23D,24D,27D,28D,29D. The molecule has 0 atom stereocenters. The summed E-state index contributed by atoms with van der Waals surface area (Å²) in [6.07, 6.45) is 0. The Morgan fingerprint density at radius 3 is 2.22 bits per heavy atom. The fraction of sp³-hybridized carbons (Fsp3) is 0. The number of hydrogen-bond donors (Lipinski definition) is 0. The van der Waals surface area contributed by atoms with E-state index in [2.05, 4.69) is 0 Å². The van der Waals surface area contributed by atoms with Gasteiger partial charge in [0.05, 0.1) is 46.7 Å². The first-order valence-electron chi connectivity index (χ1n) is 25.0. The Hall–Kier alpha value is -6.42. The molecule has 3 heterocycles. The normalized spacial score (nSPS) is 16.9. The molecule has 0 saturated heterocycles. The molecule has 0 N–H and O–H groups in total. The Labute approximate surface area is 324 Å². The summed E-state index contributed by atoms with van der Waals surface area (Å²) in [5, 5.41) is 0.460. The molecule has 0 saturated carbocycles. The largest absolute Gasteiger partial charge is 0.309 e. The van der Waals surface area contributed by atoms with Crippen molar-refractivity contribution in [1.29, 1.82) is 0 Å². The van der Waals surface area contributed by atoms with Crippen LogP contribution in [0.4, 0.5) is 0 Å². The summed E-state index contributed by atoms with van der Waals surface area (Å²) >= 11 is 1.03. The van der Waals surface area contributed by atoms with Gasteiger partial charge in [0, 0.05) is 58.7 Å².